The Bertz CT molecular complexity index is 1180. The summed E-state index contributed by atoms with van der Waals surface area (Å²) in [5, 5.41) is 16.3. The Morgan fingerprint density at radius 3 is 2.86 bits per heavy atom. The lowest BCUT2D eigenvalue weighted by Crippen LogP contribution is -2.08. The van der Waals surface area contributed by atoms with Crippen molar-refractivity contribution in [1.29, 1.82) is 5.26 Å². The highest BCUT2D eigenvalue weighted by Crippen LogP contribution is 2.20. The number of benzene rings is 1. The maximum atomic E-state index is 8.95. The van der Waals surface area contributed by atoms with Crippen LogP contribution in [-0.4, -0.2) is 19.9 Å². The first kappa shape index (κ1) is 17.2. The Balaban J connectivity index is 1.51. The summed E-state index contributed by atoms with van der Waals surface area (Å²) in [6.07, 6.45) is 4.87. The molecule has 136 valence electrons. The fourth-order valence-corrected chi connectivity index (χ4v) is 2.73. The second-order valence-electron chi connectivity index (χ2n) is 6.04. The molecule has 0 spiro atoms. The van der Waals surface area contributed by atoms with Crippen LogP contribution in [-0.2, 0) is 6.54 Å². The lowest BCUT2D eigenvalue weighted by Gasteiger charge is -2.11. The van der Waals surface area contributed by atoms with Gasteiger partial charge in [-0.2, -0.15) is 5.26 Å². The van der Waals surface area contributed by atoms with Gasteiger partial charge in [0.15, 0.2) is 17.5 Å². The van der Waals surface area contributed by atoms with Crippen LogP contribution in [0.15, 0.2) is 61.1 Å². The van der Waals surface area contributed by atoms with Gasteiger partial charge >= 0.3 is 0 Å². The number of nitrogen functional groups attached to an aromatic ring is 1. The molecule has 0 atom stereocenters. The van der Waals surface area contributed by atoms with Crippen molar-refractivity contribution < 1.29 is 0 Å². The van der Waals surface area contributed by atoms with E-state index in [0.717, 1.165) is 16.5 Å². The summed E-state index contributed by atoms with van der Waals surface area (Å²) >= 11 is 0. The summed E-state index contributed by atoms with van der Waals surface area (Å²) in [6, 6.07) is 15.4. The van der Waals surface area contributed by atoms with Gasteiger partial charge in [0, 0.05) is 30.0 Å². The average Bonchev–Trinajstić information content (AvgIpc) is 2.74. The predicted molar refractivity (Wildman–Crippen MR) is 108 cm³/mol. The summed E-state index contributed by atoms with van der Waals surface area (Å²) in [5.41, 5.74) is 8.99. The summed E-state index contributed by atoms with van der Waals surface area (Å²) in [4.78, 5) is 16.9. The molecule has 0 fully saturated rings. The standard InChI is InChI=1S/C20H16N8/c21-10-16-9-15(5-7-23-16)27-18-12-25-19(22)20(28-18)26-11-13-3-4-17-14(8-13)2-1-6-24-17/h1-9,12H,11H2,(H2,22,25)(H2,23,26,27,28). The van der Waals surface area contributed by atoms with E-state index in [2.05, 4.69) is 36.6 Å². The van der Waals surface area contributed by atoms with E-state index in [9.17, 15) is 0 Å². The van der Waals surface area contributed by atoms with Gasteiger partial charge in [0.05, 0.1) is 11.7 Å². The van der Waals surface area contributed by atoms with Crippen molar-refractivity contribution in [2.24, 2.45) is 0 Å². The second kappa shape index (κ2) is 7.55. The van der Waals surface area contributed by atoms with Gasteiger partial charge in [-0.3, -0.25) is 4.98 Å². The molecule has 0 amide bonds. The van der Waals surface area contributed by atoms with E-state index in [1.165, 1.54) is 6.20 Å². The van der Waals surface area contributed by atoms with Gasteiger partial charge in [0.25, 0.3) is 0 Å². The average molecular weight is 368 g/mol. The highest BCUT2D eigenvalue weighted by atomic mass is 15.1. The van der Waals surface area contributed by atoms with Gasteiger partial charge in [-0.05, 0) is 35.9 Å². The van der Waals surface area contributed by atoms with E-state index in [-0.39, 0.29) is 0 Å². The molecule has 0 bridgehead atoms. The van der Waals surface area contributed by atoms with Crippen molar-refractivity contribution in [3.63, 3.8) is 0 Å². The van der Waals surface area contributed by atoms with Crippen LogP contribution in [0.3, 0.4) is 0 Å². The lowest BCUT2D eigenvalue weighted by molar-refractivity contribution is 1.09. The monoisotopic (exact) mass is 368 g/mol. The molecule has 0 aliphatic heterocycles. The summed E-state index contributed by atoms with van der Waals surface area (Å²) in [5.74, 6) is 1.29. The number of nitriles is 1. The largest absolute Gasteiger partial charge is 0.381 e. The number of nitrogens with one attached hydrogen (secondary N) is 2. The van der Waals surface area contributed by atoms with Gasteiger partial charge in [0.1, 0.15) is 11.8 Å². The predicted octanol–water partition coefficient (Wildman–Crippen LogP) is 3.23. The highest BCUT2D eigenvalue weighted by molar-refractivity contribution is 5.79. The van der Waals surface area contributed by atoms with Gasteiger partial charge < -0.3 is 16.4 Å². The topological polar surface area (TPSA) is 125 Å². The molecule has 4 rings (SSSR count). The molecule has 28 heavy (non-hydrogen) atoms. The summed E-state index contributed by atoms with van der Waals surface area (Å²) in [7, 11) is 0. The van der Waals surface area contributed by atoms with Gasteiger partial charge in [-0.25, -0.2) is 15.0 Å². The zero-order valence-electron chi connectivity index (χ0n) is 14.8. The molecule has 8 heteroatoms. The zero-order valence-corrected chi connectivity index (χ0v) is 14.8. The molecule has 4 aromatic rings. The summed E-state index contributed by atoms with van der Waals surface area (Å²) in [6.45, 7) is 0.543. The molecular weight excluding hydrogens is 352 g/mol. The Morgan fingerprint density at radius 1 is 1.04 bits per heavy atom. The van der Waals surface area contributed by atoms with Crippen molar-refractivity contribution in [1.82, 2.24) is 19.9 Å². The Hall–Kier alpha value is -4.25. The molecule has 3 aromatic heterocycles. The van der Waals surface area contributed by atoms with E-state index in [1.807, 2.05) is 30.3 Å². The minimum Gasteiger partial charge on any atom is -0.381 e. The smallest absolute Gasteiger partial charge is 0.171 e. The molecule has 0 aliphatic carbocycles. The van der Waals surface area contributed by atoms with Gasteiger partial charge in [-0.15, -0.1) is 0 Å². The number of pyridine rings is 2. The molecular formula is C20H16N8. The quantitative estimate of drug-likeness (QED) is 0.490. The van der Waals surface area contributed by atoms with E-state index >= 15 is 0 Å². The Morgan fingerprint density at radius 2 is 1.96 bits per heavy atom. The fraction of sp³-hybridized carbons (Fsp3) is 0.0500. The van der Waals surface area contributed by atoms with Crippen LogP contribution >= 0.6 is 0 Å². The third-order valence-corrected chi connectivity index (χ3v) is 4.08. The molecule has 3 heterocycles. The second-order valence-corrected chi connectivity index (χ2v) is 6.04. The van der Waals surface area contributed by atoms with E-state index in [4.69, 9.17) is 11.0 Å². The van der Waals surface area contributed by atoms with Crippen molar-refractivity contribution >= 4 is 34.0 Å². The molecule has 0 saturated heterocycles. The number of rotatable bonds is 5. The Kier molecular flexibility index (Phi) is 4.63. The number of hydrogen-bond donors (Lipinski definition) is 3. The number of nitrogens with zero attached hydrogens (tertiary/aromatic N) is 5. The lowest BCUT2D eigenvalue weighted by atomic mass is 10.1. The van der Waals surface area contributed by atoms with Crippen molar-refractivity contribution in [3.8, 4) is 6.07 Å². The molecule has 4 N–H and O–H groups in total. The zero-order chi connectivity index (χ0) is 19.3. The Labute approximate surface area is 161 Å². The minimum absolute atomic E-state index is 0.306. The van der Waals surface area contributed by atoms with Crippen molar-refractivity contribution in [3.05, 3.63) is 72.3 Å². The van der Waals surface area contributed by atoms with Crippen molar-refractivity contribution in [2.45, 2.75) is 6.54 Å². The van der Waals surface area contributed by atoms with Gasteiger partial charge in [-0.1, -0.05) is 12.1 Å². The molecule has 0 radical (unpaired) electrons. The van der Waals surface area contributed by atoms with Crippen LogP contribution in [0.5, 0.6) is 0 Å². The number of aromatic nitrogens is 4. The normalized spacial score (nSPS) is 10.4. The molecule has 1 aromatic carbocycles. The molecule has 0 aliphatic rings. The highest BCUT2D eigenvalue weighted by Gasteiger charge is 2.06. The third kappa shape index (κ3) is 3.78. The van der Waals surface area contributed by atoms with Crippen molar-refractivity contribution in [2.75, 3.05) is 16.4 Å². The molecule has 0 unspecified atom stereocenters. The van der Waals surface area contributed by atoms with Crippen LogP contribution in [0.4, 0.5) is 23.1 Å². The first-order valence-corrected chi connectivity index (χ1v) is 8.54. The number of anilines is 4. The van der Waals surface area contributed by atoms with Crippen LogP contribution in [0, 0.1) is 11.3 Å². The van der Waals surface area contributed by atoms with Gasteiger partial charge in [0.2, 0.25) is 0 Å². The van der Waals surface area contributed by atoms with Crippen LogP contribution in [0.1, 0.15) is 11.3 Å². The fourth-order valence-electron chi connectivity index (χ4n) is 2.73. The molecule has 8 nitrogen and oxygen atoms in total. The number of fused-ring (bicyclic) bond motifs is 1. The maximum Gasteiger partial charge on any atom is 0.171 e. The minimum atomic E-state index is 0.306. The number of hydrogen-bond acceptors (Lipinski definition) is 8. The third-order valence-electron chi connectivity index (χ3n) is 4.08. The van der Waals surface area contributed by atoms with E-state index in [1.54, 1.807) is 24.5 Å². The molecule has 0 saturated carbocycles. The summed E-state index contributed by atoms with van der Waals surface area (Å²) < 4.78 is 0. The maximum absolute atomic E-state index is 8.95. The first-order chi connectivity index (χ1) is 13.7. The van der Waals surface area contributed by atoms with E-state index in [0.29, 0.717) is 35.4 Å². The first-order valence-electron chi connectivity index (χ1n) is 8.54. The van der Waals surface area contributed by atoms with Crippen LogP contribution < -0.4 is 16.4 Å². The van der Waals surface area contributed by atoms with Crippen LogP contribution in [0.25, 0.3) is 10.9 Å². The van der Waals surface area contributed by atoms with E-state index < -0.39 is 0 Å². The number of nitrogens with two attached hydrogens (primary N) is 1. The SMILES string of the molecule is N#Cc1cc(Nc2cnc(N)c(NCc3ccc4ncccc4c3)n2)ccn1. The van der Waals surface area contributed by atoms with Crippen LogP contribution in [0.2, 0.25) is 0 Å².